The number of ether oxygens (including phenoxy) is 2. The highest BCUT2D eigenvalue weighted by atomic mass is 35.5. The number of alkyl halides is 1. The molecule has 3 rings (SSSR count). The number of aliphatic hydroxyl groups excluding tert-OH is 1. The molecule has 1 aliphatic rings. The fourth-order valence-electron chi connectivity index (χ4n) is 6.22. The maximum atomic E-state index is 15.2. The van der Waals surface area contributed by atoms with Gasteiger partial charge in [-0.3, -0.25) is 17.8 Å². The van der Waals surface area contributed by atoms with Crippen LogP contribution in [0.1, 0.15) is 136 Å². The molecule has 1 saturated heterocycles. The molecule has 0 spiro atoms. The molecule has 3 unspecified atom stereocenters. The lowest BCUT2D eigenvalue weighted by Gasteiger charge is -2.21. The maximum Gasteiger partial charge on any atom is 0.472 e. The lowest BCUT2D eigenvalue weighted by Crippen LogP contribution is -2.31. The third-order valence-electron chi connectivity index (χ3n) is 9.26. The fraction of sp³-hybridized carbons (Fsp3) is 0.857. The van der Waals surface area contributed by atoms with E-state index < -0.39 is 55.9 Å². The van der Waals surface area contributed by atoms with Crippen LogP contribution in [-0.2, 0) is 33.9 Å². The molecule has 4 N–H and O–H groups in total. The van der Waals surface area contributed by atoms with Gasteiger partial charge in [-0.05, 0) is 24.4 Å². The number of nitrogens with zero attached hydrogens (tertiary/aromatic N) is 4. The number of halogens is 2. The summed E-state index contributed by atoms with van der Waals surface area (Å²) in [6.45, 7) is 3.87. The van der Waals surface area contributed by atoms with Crippen molar-refractivity contribution in [1.82, 2.24) is 19.5 Å². The summed E-state index contributed by atoms with van der Waals surface area (Å²) in [4.78, 5) is 22.4. The van der Waals surface area contributed by atoms with E-state index in [4.69, 9.17) is 35.9 Å². The molecule has 0 aromatic carbocycles. The molecule has 7 atom stereocenters. The smallest absolute Gasteiger partial charge is 0.387 e. The van der Waals surface area contributed by atoms with E-state index >= 15 is 4.39 Å². The van der Waals surface area contributed by atoms with Crippen LogP contribution in [0.3, 0.4) is 0 Å². The number of hydrogen-bond acceptors (Lipinski definition) is 11. The third-order valence-corrected chi connectivity index (χ3v) is 11.9. The van der Waals surface area contributed by atoms with Crippen molar-refractivity contribution in [2.75, 3.05) is 37.1 Å². The van der Waals surface area contributed by atoms with Crippen molar-refractivity contribution in [1.29, 1.82) is 0 Å². The molecule has 0 bridgehead atoms. The molecule has 1 fully saturated rings. The first-order valence-corrected chi connectivity index (χ1v) is 22.6. The van der Waals surface area contributed by atoms with E-state index in [2.05, 4.69) is 28.8 Å². The summed E-state index contributed by atoms with van der Waals surface area (Å²) < 4.78 is 64.4. The second-order valence-electron chi connectivity index (χ2n) is 13.7. The largest absolute Gasteiger partial charge is 0.472 e. The Hall–Kier alpha value is -1.29. The summed E-state index contributed by atoms with van der Waals surface area (Å²) in [6.07, 6.45) is 15.1. The van der Waals surface area contributed by atoms with Crippen molar-refractivity contribution in [3.8, 4) is 0 Å². The van der Waals surface area contributed by atoms with E-state index in [0.717, 1.165) is 38.5 Å². The molecule has 0 amide bonds. The molecule has 300 valence electrons. The van der Waals surface area contributed by atoms with Crippen LogP contribution >= 0.6 is 19.4 Å². The van der Waals surface area contributed by atoms with Gasteiger partial charge < -0.3 is 25.2 Å². The minimum atomic E-state index is -4.70. The molecule has 52 heavy (non-hydrogen) atoms. The second kappa shape index (κ2) is 25.0. The molecule has 0 aliphatic carbocycles. The van der Waals surface area contributed by atoms with Gasteiger partial charge in [-0.2, -0.15) is 9.97 Å². The number of rotatable bonds is 30. The predicted molar refractivity (Wildman–Crippen MR) is 203 cm³/mol. The zero-order valence-corrected chi connectivity index (χ0v) is 33.5. The van der Waals surface area contributed by atoms with Crippen LogP contribution < -0.4 is 5.73 Å². The summed E-state index contributed by atoms with van der Waals surface area (Å²) in [5, 5.41) is 10.4. The zero-order valence-electron chi connectivity index (χ0n) is 31.0. The summed E-state index contributed by atoms with van der Waals surface area (Å²) in [5.74, 6) is 0.686. The Bertz CT molecular complexity index is 1370. The summed E-state index contributed by atoms with van der Waals surface area (Å²) >= 11 is 5.91. The highest BCUT2D eigenvalue weighted by Crippen LogP contribution is 2.45. The van der Waals surface area contributed by atoms with E-state index in [1.54, 1.807) is 0 Å². The number of nitrogen functional groups attached to an aromatic ring is 1. The number of anilines is 1. The Morgan fingerprint density at radius 3 is 2.15 bits per heavy atom. The number of nitrogens with two attached hydrogens (primary N) is 1. The molecule has 3 heterocycles. The summed E-state index contributed by atoms with van der Waals surface area (Å²) in [7, 11) is -5.89. The number of aliphatic hydroxyl groups is 1. The van der Waals surface area contributed by atoms with Gasteiger partial charge in [0.15, 0.2) is 23.9 Å². The maximum absolute atomic E-state index is 15.2. The molecule has 0 radical (unpaired) electrons. The lowest BCUT2D eigenvalue weighted by atomic mass is 10.1. The highest BCUT2D eigenvalue weighted by Gasteiger charge is 2.47. The molecule has 2 aromatic heterocycles. The fourth-order valence-corrected chi connectivity index (χ4v) is 8.45. The van der Waals surface area contributed by atoms with Gasteiger partial charge in [-0.25, -0.2) is 13.9 Å². The summed E-state index contributed by atoms with van der Waals surface area (Å²) in [5.41, 5.74) is 6.11. The number of unbranched alkanes of at least 4 members (excludes halogenated alkanes) is 16. The monoisotopic (exact) mass is 797 g/mol. The van der Waals surface area contributed by atoms with E-state index in [0.29, 0.717) is 12.4 Å². The standard InChI is InChI=1S/C35H62ClFN5O8PS/c1-3-5-7-9-11-13-14-16-18-20-22-52(46)25-27(47-21-19-17-15-12-10-8-6-4-2)23-48-51(44,45)49-24-28-31(43)29(37)34(50-28)42-26-39-30-32(38)40-35(36)41-33(30)42/h26-29,31,34,43H,3-25H2,1-2H3,(H,44,45)(H2,38,40,41)/t27?,28-,29+,31-,34-,52?/m1/s1. The average Bonchev–Trinajstić information content (AvgIpc) is 3.65. The van der Waals surface area contributed by atoms with Gasteiger partial charge in [-0.15, -0.1) is 0 Å². The van der Waals surface area contributed by atoms with Crippen LogP contribution in [0.5, 0.6) is 0 Å². The van der Waals surface area contributed by atoms with Crippen molar-refractivity contribution in [3.63, 3.8) is 0 Å². The van der Waals surface area contributed by atoms with Crippen molar-refractivity contribution in [3.05, 3.63) is 11.6 Å². The SMILES string of the molecule is CCCCCCCCCCCCS(=O)CC(COP(=O)(O)OC[C@H]1O[C@@H](n2cnc3c(N)nc(Cl)nc32)[C@@H](F)[C@@H]1O)OCCCCCCCCCC. The minimum Gasteiger partial charge on any atom is -0.387 e. The molecular formula is C35H62ClFN5O8PS. The average molecular weight is 798 g/mol. The molecule has 2 aromatic rings. The number of fused-ring (bicyclic) bond motifs is 1. The van der Waals surface area contributed by atoms with Gasteiger partial charge in [0.2, 0.25) is 5.28 Å². The molecule has 1 aliphatic heterocycles. The molecule has 0 saturated carbocycles. The van der Waals surface area contributed by atoms with E-state index in [1.165, 1.54) is 87.9 Å². The third kappa shape index (κ3) is 16.2. The Labute approximate surface area is 316 Å². The van der Waals surface area contributed by atoms with Crippen molar-refractivity contribution < 1.29 is 41.7 Å². The molecule has 17 heteroatoms. The van der Waals surface area contributed by atoms with E-state index in [9.17, 15) is 18.8 Å². The Morgan fingerprint density at radius 1 is 0.962 bits per heavy atom. The van der Waals surface area contributed by atoms with Gasteiger partial charge in [-0.1, -0.05) is 117 Å². The van der Waals surface area contributed by atoms with Crippen molar-refractivity contribution in [2.45, 2.75) is 160 Å². The number of aromatic nitrogens is 4. The molecular weight excluding hydrogens is 736 g/mol. The van der Waals surface area contributed by atoms with Crippen LogP contribution in [0.4, 0.5) is 10.2 Å². The van der Waals surface area contributed by atoms with Crippen molar-refractivity contribution >= 4 is 47.2 Å². The van der Waals surface area contributed by atoms with Crippen LogP contribution in [0, 0.1) is 0 Å². The number of imidazole rings is 1. The number of hydrogen-bond donors (Lipinski definition) is 3. The van der Waals surface area contributed by atoms with Crippen molar-refractivity contribution in [2.24, 2.45) is 0 Å². The quantitative estimate of drug-likeness (QED) is 0.0394. The lowest BCUT2D eigenvalue weighted by molar-refractivity contribution is -0.0484. The van der Waals surface area contributed by atoms with Gasteiger partial charge in [0.1, 0.15) is 17.7 Å². The highest BCUT2D eigenvalue weighted by molar-refractivity contribution is 7.85. The minimum absolute atomic E-state index is 0.0105. The first-order valence-electron chi connectivity index (χ1n) is 19.3. The first-order chi connectivity index (χ1) is 25.1. The van der Waals surface area contributed by atoms with Gasteiger partial charge >= 0.3 is 7.82 Å². The van der Waals surface area contributed by atoms with Crippen LogP contribution in [0.25, 0.3) is 11.2 Å². The summed E-state index contributed by atoms with van der Waals surface area (Å²) in [6, 6.07) is 0. The number of phosphoric acid groups is 1. The van der Waals surface area contributed by atoms with E-state index in [1.807, 2.05) is 0 Å². The Kier molecular flexibility index (Phi) is 21.7. The topological polar surface area (TPSA) is 181 Å². The predicted octanol–water partition coefficient (Wildman–Crippen LogP) is 7.99. The van der Waals surface area contributed by atoms with Crippen LogP contribution in [-0.4, -0.2) is 89.5 Å². The Morgan fingerprint density at radius 2 is 1.54 bits per heavy atom. The Balaban J connectivity index is 1.46. The normalized spacial score (nSPS) is 21.5. The van der Waals surface area contributed by atoms with Crippen LogP contribution in [0.15, 0.2) is 6.33 Å². The number of phosphoric ester groups is 1. The first kappa shape index (κ1) is 45.1. The van der Waals surface area contributed by atoms with Gasteiger partial charge in [0, 0.05) is 23.2 Å². The zero-order chi connectivity index (χ0) is 37.8. The van der Waals surface area contributed by atoms with Crippen LogP contribution in [0.2, 0.25) is 5.28 Å². The van der Waals surface area contributed by atoms with E-state index in [-0.39, 0.29) is 34.6 Å². The molecule has 13 nitrogen and oxygen atoms in total. The van der Waals surface area contributed by atoms with Gasteiger partial charge in [0.25, 0.3) is 0 Å². The second-order valence-corrected chi connectivity index (χ2v) is 17.1. The van der Waals surface area contributed by atoms with Gasteiger partial charge in [0.05, 0.1) is 31.4 Å².